The molecule has 6 heteroatoms. The quantitative estimate of drug-likeness (QED) is 0.734. The molecule has 0 bridgehead atoms. The SMILES string of the molecule is O=C(CCc1nc2sc3c(c2c(=O)[nH]1)CCC3)N1CCCC1c1ccccc1. The van der Waals surface area contributed by atoms with Crippen LogP contribution in [0.4, 0.5) is 0 Å². The lowest BCUT2D eigenvalue weighted by atomic mass is 10.0. The van der Waals surface area contributed by atoms with Crippen LogP contribution in [0.3, 0.4) is 0 Å². The molecule has 144 valence electrons. The molecule has 1 fully saturated rings. The number of aromatic nitrogens is 2. The number of likely N-dealkylation sites (tertiary alicyclic amines) is 1. The Morgan fingerprint density at radius 1 is 1.21 bits per heavy atom. The van der Waals surface area contributed by atoms with Crippen LogP contribution in [0.1, 0.15) is 53.6 Å². The summed E-state index contributed by atoms with van der Waals surface area (Å²) < 4.78 is 0. The molecule has 2 aliphatic rings. The second-order valence-electron chi connectivity index (χ2n) is 7.71. The van der Waals surface area contributed by atoms with Crippen molar-refractivity contribution >= 4 is 27.5 Å². The number of carbonyl (C=O) groups excluding carboxylic acids is 1. The standard InChI is InChI=1S/C22H23N3O2S/c26-19(25-13-5-9-16(25)14-6-2-1-3-7-14)12-11-18-23-21(27)20-15-8-4-10-17(15)28-22(20)24-18/h1-3,6-7,16H,4-5,8-13H2,(H,23,24,27). The summed E-state index contributed by atoms with van der Waals surface area (Å²) in [5.74, 6) is 0.768. The van der Waals surface area contributed by atoms with Crippen molar-refractivity contribution in [2.45, 2.75) is 51.0 Å². The smallest absolute Gasteiger partial charge is 0.259 e. The van der Waals surface area contributed by atoms with Crippen LogP contribution < -0.4 is 5.56 Å². The Hall–Kier alpha value is -2.47. The monoisotopic (exact) mass is 393 g/mol. The normalized spacial score (nSPS) is 18.7. The van der Waals surface area contributed by atoms with E-state index in [4.69, 9.17) is 0 Å². The van der Waals surface area contributed by atoms with Crippen LogP contribution >= 0.6 is 11.3 Å². The second kappa shape index (κ2) is 7.17. The largest absolute Gasteiger partial charge is 0.336 e. The molecule has 1 amide bonds. The molecule has 1 aliphatic heterocycles. The van der Waals surface area contributed by atoms with Crippen LogP contribution in [0.15, 0.2) is 35.1 Å². The number of nitrogens with one attached hydrogen (secondary N) is 1. The van der Waals surface area contributed by atoms with Crippen LogP contribution in [0, 0.1) is 0 Å². The van der Waals surface area contributed by atoms with Gasteiger partial charge in [0.1, 0.15) is 10.7 Å². The molecule has 3 heterocycles. The molecular weight excluding hydrogens is 370 g/mol. The molecule has 0 saturated carbocycles. The Labute approximate surface area is 167 Å². The Kier molecular flexibility index (Phi) is 4.51. The minimum absolute atomic E-state index is 0.0461. The predicted molar refractivity (Wildman–Crippen MR) is 111 cm³/mol. The molecule has 1 N–H and O–H groups in total. The molecule has 0 spiro atoms. The molecule has 1 aliphatic carbocycles. The number of benzene rings is 1. The molecule has 0 radical (unpaired) electrons. The maximum Gasteiger partial charge on any atom is 0.259 e. The van der Waals surface area contributed by atoms with Crippen molar-refractivity contribution < 1.29 is 4.79 Å². The van der Waals surface area contributed by atoms with Crippen molar-refractivity contribution in [3.63, 3.8) is 0 Å². The first kappa shape index (κ1) is 17.6. The van der Waals surface area contributed by atoms with Crippen molar-refractivity contribution in [3.8, 4) is 0 Å². The summed E-state index contributed by atoms with van der Waals surface area (Å²) in [5, 5.41) is 0.774. The number of fused-ring (bicyclic) bond motifs is 3. The van der Waals surface area contributed by atoms with Crippen molar-refractivity contribution in [3.05, 3.63) is 62.5 Å². The summed E-state index contributed by atoms with van der Waals surface area (Å²) in [6, 6.07) is 10.4. The van der Waals surface area contributed by atoms with E-state index in [1.54, 1.807) is 11.3 Å². The van der Waals surface area contributed by atoms with Gasteiger partial charge >= 0.3 is 0 Å². The molecule has 5 rings (SSSR count). The fourth-order valence-electron chi connectivity index (χ4n) is 4.62. The molecule has 1 atom stereocenters. The van der Waals surface area contributed by atoms with Gasteiger partial charge in [-0.15, -0.1) is 11.3 Å². The predicted octanol–water partition coefficient (Wildman–Crippen LogP) is 3.77. The number of carbonyl (C=O) groups is 1. The Morgan fingerprint density at radius 2 is 2.07 bits per heavy atom. The van der Waals surface area contributed by atoms with Gasteiger partial charge in [0.15, 0.2) is 0 Å². The maximum absolute atomic E-state index is 12.9. The fraction of sp³-hybridized carbons (Fsp3) is 0.409. The number of aryl methyl sites for hydroxylation is 3. The van der Waals surface area contributed by atoms with E-state index in [0.29, 0.717) is 18.7 Å². The third-order valence-electron chi connectivity index (χ3n) is 5.96. The van der Waals surface area contributed by atoms with Crippen molar-refractivity contribution in [1.82, 2.24) is 14.9 Å². The number of thiophene rings is 1. The molecule has 2 aromatic heterocycles. The van der Waals surface area contributed by atoms with E-state index in [2.05, 4.69) is 22.1 Å². The zero-order valence-electron chi connectivity index (χ0n) is 15.7. The molecular formula is C22H23N3O2S. The third-order valence-corrected chi connectivity index (χ3v) is 7.14. The average molecular weight is 394 g/mol. The van der Waals surface area contributed by atoms with E-state index in [-0.39, 0.29) is 17.5 Å². The number of hydrogen-bond acceptors (Lipinski definition) is 4. The van der Waals surface area contributed by atoms with E-state index in [9.17, 15) is 9.59 Å². The van der Waals surface area contributed by atoms with Gasteiger partial charge in [-0.2, -0.15) is 0 Å². The second-order valence-corrected chi connectivity index (χ2v) is 8.79. The minimum Gasteiger partial charge on any atom is -0.336 e. The summed E-state index contributed by atoms with van der Waals surface area (Å²) in [6.45, 7) is 0.805. The van der Waals surface area contributed by atoms with Crippen LogP contribution in [0.5, 0.6) is 0 Å². The van der Waals surface area contributed by atoms with Gasteiger partial charge in [-0.05, 0) is 43.2 Å². The van der Waals surface area contributed by atoms with Gasteiger partial charge in [-0.25, -0.2) is 4.98 Å². The van der Waals surface area contributed by atoms with Crippen molar-refractivity contribution in [2.24, 2.45) is 0 Å². The van der Waals surface area contributed by atoms with Crippen LogP contribution in [0.2, 0.25) is 0 Å². The minimum atomic E-state index is -0.0461. The van der Waals surface area contributed by atoms with E-state index >= 15 is 0 Å². The van der Waals surface area contributed by atoms with Gasteiger partial charge in [0, 0.05) is 24.3 Å². The summed E-state index contributed by atoms with van der Waals surface area (Å²) in [7, 11) is 0. The zero-order chi connectivity index (χ0) is 19.1. The van der Waals surface area contributed by atoms with E-state index in [0.717, 1.165) is 48.9 Å². The fourth-order valence-corrected chi connectivity index (χ4v) is 5.90. The number of rotatable bonds is 4. The van der Waals surface area contributed by atoms with Gasteiger partial charge in [0.25, 0.3) is 5.56 Å². The first-order valence-corrected chi connectivity index (χ1v) is 10.9. The molecule has 1 unspecified atom stereocenters. The number of H-pyrrole nitrogens is 1. The first-order chi connectivity index (χ1) is 13.7. The highest BCUT2D eigenvalue weighted by atomic mass is 32.1. The number of aromatic amines is 1. The Bertz CT molecular complexity index is 1090. The maximum atomic E-state index is 12.9. The van der Waals surface area contributed by atoms with Crippen molar-refractivity contribution in [1.29, 1.82) is 0 Å². The Balaban J connectivity index is 1.32. The number of hydrogen-bond donors (Lipinski definition) is 1. The van der Waals surface area contributed by atoms with Crippen molar-refractivity contribution in [2.75, 3.05) is 6.54 Å². The summed E-state index contributed by atoms with van der Waals surface area (Å²) >= 11 is 1.65. The number of amides is 1. The zero-order valence-corrected chi connectivity index (χ0v) is 16.6. The van der Waals surface area contributed by atoms with Gasteiger partial charge in [-0.1, -0.05) is 30.3 Å². The first-order valence-electron chi connectivity index (χ1n) is 10.1. The molecule has 5 nitrogen and oxygen atoms in total. The van der Waals surface area contributed by atoms with E-state index in [1.165, 1.54) is 16.0 Å². The highest BCUT2D eigenvalue weighted by Crippen LogP contribution is 2.35. The highest BCUT2D eigenvalue weighted by Gasteiger charge is 2.29. The lowest BCUT2D eigenvalue weighted by Crippen LogP contribution is -2.31. The number of nitrogens with zero attached hydrogens (tertiary/aromatic N) is 2. The summed E-state index contributed by atoms with van der Waals surface area (Å²) in [6.07, 6.45) is 6.07. The van der Waals surface area contributed by atoms with Gasteiger partial charge in [0.05, 0.1) is 11.4 Å². The third kappa shape index (κ3) is 3.05. The molecule has 1 saturated heterocycles. The summed E-state index contributed by atoms with van der Waals surface area (Å²) in [4.78, 5) is 37.2. The van der Waals surface area contributed by atoms with E-state index < -0.39 is 0 Å². The topological polar surface area (TPSA) is 66.1 Å². The van der Waals surface area contributed by atoms with Gasteiger partial charge in [0.2, 0.25) is 5.91 Å². The van der Waals surface area contributed by atoms with Crippen LogP contribution in [0.25, 0.3) is 10.2 Å². The molecule has 28 heavy (non-hydrogen) atoms. The van der Waals surface area contributed by atoms with Crippen LogP contribution in [-0.2, 0) is 24.1 Å². The van der Waals surface area contributed by atoms with Gasteiger partial charge in [-0.3, -0.25) is 9.59 Å². The van der Waals surface area contributed by atoms with Crippen LogP contribution in [-0.4, -0.2) is 27.3 Å². The highest BCUT2D eigenvalue weighted by molar-refractivity contribution is 7.18. The Morgan fingerprint density at radius 3 is 2.93 bits per heavy atom. The molecule has 1 aromatic carbocycles. The van der Waals surface area contributed by atoms with E-state index in [1.807, 2.05) is 23.1 Å². The molecule has 3 aromatic rings. The summed E-state index contributed by atoms with van der Waals surface area (Å²) in [5.41, 5.74) is 2.35. The van der Waals surface area contributed by atoms with Gasteiger partial charge < -0.3 is 9.88 Å². The lowest BCUT2D eigenvalue weighted by molar-refractivity contribution is -0.132. The lowest BCUT2D eigenvalue weighted by Gasteiger charge is -2.25. The average Bonchev–Trinajstić information content (AvgIpc) is 3.42.